The maximum atomic E-state index is 6.32. The van der Waals surface area contributed by atoms with Crippen LogP contribution in [0.5, 0.6) is 0 Å². The van der Waals surface area contributed by atoms with Crippen LogP contribution in [0, 0.1) is 0 Å². The number of rotatable bonds is 5. The van der Waals surface area contributed by atoms with E-state index in [1.165, 1.54) is 15.8 Å². The minimum Gasteiger partial charge on any atom is -0.335 e. The van der Waals surface area contributed by atoms with Crippen LogP contribution in [0.2, 0.25) is 5.02 Å². The highest BCUT2D eigenvalue weighted by atomic mass is 35.5. The number of hydrogen-bond donors (Lipinski definition) is 1. The number of aromatic nitrogens is 3. The van der Waals surface area contributed by atoms with Crippen molar-refractivity contribution in [3.63, 3.8) is 0 Å². The van der Waals surface area contributed by atoms with E-state index >= 15 is 0 Å². The summed E-state index contributed by atoms with van der Waals surface area (Å²) in [6.07, 6.45) is 0. The van der Waals surface area contributed by atoms with Crippen molar-refractivity contribution in [2.24, 2.45) is 0 Å². The first-order valence-corrected chi connectivity index (χ1v) is 9.71. The number of nitrogen functional groups attached to an aromatic ring is 1. The molecule has 0 unspecified atom stereocenters. The van der Waals surface area contributed by atoms with Crippen molar-refractivity contribution in [3.05, 3.63) is 101 Å². The van der Waals surface area contributed by atoms with E-state index in [1.807, 2.05) is 60.7 Å². The number of hydrogen-bond acceptors (Lipinski definition) is 4. The Morgan fingerprint density at radius 2 is 1.33 bits per heavy atom. The number of halogens is 1. The van der Waals surface area contributed by atoms with E-state index in [9.17, 15) is 0 Å². The molecule has 2 N–H and O–H groups in total. The van der Waals surface area contributed by atoms with Gasteiger partial charge in [0.2, 0.25) is 5.16 Å². The fourth-order valence-corrected chi connectivity index (χ4v) is 4.05. The lowest BCUT2D eigenvalue weighted by Crippen LogP contribution is -2.12. The van der Waals surface area contributed by atoms with Crippen LogP contribution < -0.4 is 5.84 Å². The second-order valence-corrected chi connectivity index (χ2v) is 7.51. The molecule has 0 amide bonds. The van der Waals surface area contributed by atoms with Gasteiger partial charge in [-0.05, 0) is 35.4 Å². The number of nitrogens with zero attached hydrogens (tertiary/aromatic N) is 3. The van der Waals surface area contributed by atoms with Crippen LogP contribution in [0.4, 0.5) is 0 Å². The zero-order valence-electron chi connectivity index (χ0n) is 14.4. The van der Waals surface area contributed by atoms with Crippen LogP contribution in [0.3, 0.4) is 0 Å². The summed E-state index contributed by atoms with van der Waals surface area (Å²) in [6.45, 7) is 0. The van der Waals surface area contributed by atoms with Crippen molar-refractivity contribution in [3.8, 4) is 11.4 Å². The SMILES string of the molecule is Nn1c(SC(c2ccccc2)c2ccccc2)nnc1-c1ccc(Cl)cc1. The Hall–Kier alpha value is -2.76. The van der Waals surface area contributed by atoms with Crippen LogP contribution in [-0.4, -0.2) is 14.9 Å². The summed E-state index contributed by atoms with van der Waals surface area (Å²) in [4.78, 5) is 0. The summed E-state index contributed by atoms with van der Waals surface area (Å²) in [5.74, 6) is 6.92. The minimum atomic E-state index is 0.0666. The molecule has 1 aromatic heterocycles. The van der Waals surface area contributed by atoms with E-state index in [4.69, 9.17) is 17.4 Å². The van der Waals surface area contributed by atoms with Gasteiger partial charge in [0.25, 0.3) is 0 Å². The number of nitrogens with two attached hydrogens (primary N) is 1. The van der Waals surface area contributed by atoms with Gasteiger partial charge >= 0.3 is 0 Å². The lowest BCUT2D eigenvalue weighted by Gasteiger charge is -2.17. The fraction of sp³-hybridized carbons (Fsp3) is 0.0476. The maximum Gasteiger partial charge on any atom is 0.211 e. The third kappa shape index (κ3) is 3.84. The van der Waals surface area contributed by atoms with Crippen LogP contribution in [-0.2, 0) is 0 Å². The van der Waals surface area contributed by atoms with Crippen LogP contribution in [0.15, 0.2) is 90.1 Å². The summed E-state index contributed by atoms with van der Waals surface area (Å²) in [5.41, 5.74) is 3.24. The molecule has 0 aliphatic carbocycles. The average Bonchev–Trinajstić information content (AvgIpc) is 3.08. The monoisotopic (exact) mass is 392 g/mol. The predicted molar refractivity (Wildman–Crippen MR) is 111 cm³/mol. The smallest absolute Gasteiger partial charge is 0.211 e. The van der Waals surface area contributed by atoms with Gasteiger partial charge in [-0.1, -0.05) is 84.0 Å². The minimum absolute atomic E-state index is 0.0666. The van der Waals surface area contributed by atoms with Gasteiger partial charge in [-0.2, -0.15) is 0 Å². The molecule has 0 fully saturated rings. The lowest BCUT2D eigenvalue weighted by molar-refractivity contribution is 0.846. The molecular weight excluding hydrogens is 376 g/mol. The molecule has 4 nitrogen and oxygen atoms in total. The van der Waals surface area contributed by atoms with Gasteiger partial charge in [-0.15, -0.1) is 10.2 Å². The molecule has 0 bridgehead atoms. The standard InChI is InChI=1S/C21H17ClN4S/c22-18-13-11-17(12-14-18)20-24-25-21(26(20)23)27-19(15-7-3-1-4-8-15)16-9-5-2-6-10-16/h1-14,19H,23H2. The molecule has 3 aromatic carbocycles. The summed E-state index contributed by atoms with van der Waals surface area (Å²) in [6, 6.07) is 28.0. The average molecular weight is 393 g/mol. The zero-order valence-corrected chi connectivity index (χ0v) is 15.9. The molecule has 0 saturated heterocycles. The van der Waals surface area contributed by atoms with Crippen LogP contribution in [0.1, 0.15) is 16.4 Å². The quantitative estimate of drug-likeness (QED) is 0.375. The molecule has 0 saturated carbocycles. The number of benzene rings is 3. The van der Waals surface area contributed by atoms with Crippen molar-refractivity contribution in [1.82, 2.24) is 14.9 Å². The Morgan fingerprint density at radius 3 is 1.89 bits per heavy atom. The molecule has 0 radical (unpaired) electrons. The Bertz CT molecular complexity index is 978. The fourth-order valence-electron chi connectivity index (χ4n) is 2.84. The van der Waals surface area contributed by atoms with E-state index < -0.39 is 0 Å². The highest BCUT2D eigenvalue weighted by Crippen LogP contribution is 2.39. The van der Waals surface area contributed by atoms with Gasteiger partial charge in [0.1, 0.15) is 0 Å². The molecule has 134 valence electrons. The topological polar surface area (TPSA) is 56.7 Å². The third-order valence-corrected chi connectivity index (χ3v) is 5.72. The van der Waals surface area contributed by atoms with Crippen molar-refractivity contribution < 1.29 is 0 Å². The first-order valence-electron chi connectivity index (χ1n) is 8.45. The Balaban J connectivity index is 1.69. The highest BCUT2D eigenvalue weighted by Gasteiger charge is 2.20. The third-order valence-electron chi connectivity index (χ3n) is 4.19. The van der Waals surface area contributed by atoms with E-state index in [0.717, 1.165) is 5.56 Å². The molecule has 0 spiro atoms. The van der Waals surface area contributed by atoms with E-state index in [1.54, 1.807) is 11.8 Å². The molecule has 4 rings (SSSR count). The highest BCUT2D eigenvalue weighted by molar-refractivity contribution is 7.99. The van der Waals surface area contributed by atoms with Gasteiger partial charge in [-0.3, -0.25) is 0 Å². The largest absolute Gasteiger partial charge is 0.335 e. The first-order chi connectivity index (χ1) is 13.2. The van der Waals surface area contributed by atoms with E-state index in [-0.39, 0.29) is 5.25 Å². The molecule has 0 aliphatic rings. The van der Waals surface area contributed by atoms with Gasteiger partial charge in [0.05, 0.1) is 5.25 Å². The normalized spacial score (nSPS) is 11.0. The van der Waals surface area contributed by atoms with Gasteiger partial charge in [0, 0.05) is 10.6 Å². The molecule has 6 heteroatoms. The molecular formula is C21H17ClN4S. The Morgan fingerprint density at radius 1 is 0.778 bits per heavy atom. The van der Waals surface area contributed by atoms with Gasteiger partial charge < -0.3 is 5.84 Å². The van der Waals surface area contributed by atoms with Gasteiger partial charge in [-0.25, -0.2) is 4.68 Å². The Kier molecular flexibility index (Phi) is 5.14. The summed E-state index contributed by atoms with van der Waals surface area (Å²) in [5, 5.41) is 9.99. The molecule has 4 aromatic rings. The van der Waals surface area contributed by atoms with Crippen molar-refractivity contribution in [2.75, 3.05) is 5.84 Å². The number of thioether (sulfide) groups is 1. The second-order valence-electron chi connectivity index (χ2n) is 6.00. The summed E-state index contributed by atoms with van der Waals surface area (Å²) < 4.78 is 1.53. The molecule has 0 aliphatic heterocycles. The van der Waals surface area contributed by atoms with Crippen LogP contribution >= 0.6 is 23.4 Å². The van der Waals surface area contributed by atoms with E-state index in [0.29, 0.717) is 16.0 Å². The molecule has 0 atom stereocenters. The lowest BCUT2D eigenvalue weighted by atomic mass is 10.0. The molecule has 1 heterocycles. The molecule has 27 heavy (non-hydrogen) atoms. The summed E-state index contributed by atoms with van der Waals surface area (Å²) >= 11 is 7.55. The second kappa shape index (κ2) is 7.86. The van der Waals surface area contributed by atoms with Crippen LogP contribution in [0.25, 0.3) is 11.4 Å². The summed E-state index contributed by atoms with van der Waals surface area (Å²) in [7, 11) is 0. The van der Waals surface area contributed by atoms with E-state index in [2.05, 4.69) is 34.5 Å². The van der Waals surface area contributed by atoms with Gasteiger partial charge in [0.15, 0.2) is 5.82 Å². The zero-order chi connectivity index (χ0) is 18.6. The Labute approximate surface area is 167 Å². The maximum absolute atomic E-state index is 6.32. The van der Waals surface area contributed by atoms with Crippen molar-refractivity contribution in [1.29, 1.82) is 0 Å². The first kappa shape index (κ1) is 17.6. The van der Waals surface area contributed by atoms with Crippen molar-refractivity contribution >= 4 is 23.4 Å². The predicted octanol–water partition coefficient (Wildman–Crippen LogP) is 5.19. The van der Waals surface area contributed by atoms with Crippen molar-refractivity contribution in [2.45, 2.75) is 10.4 Å².